The van der Waals surface area contributed by atoms with Gasteiger partial charge in [0.1, 0.15) is 0 Å². The molecule has 4 aliphatic rings. The molecule has 4 aliphatic carbocycles. The first kappa shape index (κ1) is 18.2. The zero-order valence-electron chi connectivity index (χ0n) is 17.9. The molecule has 0 atom stereocenters. The van der Waals surface area contributed by atoms with E-state index in [-0.39, 0.29) is 2.85 Å². The molecule has 0 aliphatic heterocycles. The Morgan fingerprint density at radius 3 is 1.56 bits per heavy atom. The van der Waals surface area contributed by atoms with Gasteiger partial charge in [0.2, 0.25) is 0 Å². The monoisotopic (exact) mass is 504 g/mol. The molecule has 0 aromatic carbocycles. The molecule has 0 N–H and O–H groups in total. The Morgan fingerprint density at radius 2 is 1.12 bits per heavy atom. The van der Waals surface area contributed by atoms with Crippen molar-refractivity contribution in [3.05, 3.63) is 42.1 Å². The summed E-state index contributed by atoms with van der Waals surface area (Å²) >= 11 is -0.772. The van der Waals surface area contributed by atoms with Gasteiger partial charge in [-0.05, 0) is 0 Å². The van der Waals surface area contributed by atoms with Crippen LogP contribution in [0.15, 0.2) is 42.1 Å². The van der Waals surface area contributed by atoms with Crippen molar-refractivity contribution in [2.24, 2.45) is 11.8 Å². The second-order valence-electron chi connectivity index (χ2n) is 8.76. The summed E-state index contributed by atoms with van der Waals surface area (Å²) in [5, 5.41) is 0. The van der Waals surface area contributed by atoms with Crippen LogP contribution in [0.5, 0.6) is 0 Å². The molecule has 2 fully saturated rings. The van der Waals surface area contributed by atoms with Crippen molar-refractivity contribution in [2.75, 3.05) is 0 Å². The fraction of sp³-hybridized carbons (Fsp3) is 0.667. The molecule has 0 aromatic rings. The molecule has 0 radical (unpaired) electrons. The van der Waals surface area contributed by atoms with Gasteiger partial charge in [0.15, 0.2) is 0 Å². The second-order valence-corrected chi connectivity index (χ2v) is 14.0. The summed E-state index contributed by atoms with van der Waals surface area (Å²) < 4.78 is 3.90. The topological polar surface area (TPSA) is 0 Å². The zero-order valence-corrected chi connectivity index (χ0v) is 19.5. The molecule has 25 heavy (non-hydrogen) atoms. The van der Waals surface area contributed by atoms with E-state index in [1.54, 1.807) is 11.1 Å². The van der Waals surface area contributed by atoms with Crippen molar-refractivity contribution >= 4 is 0 Å². The third kappa shape index (κ3) is 4.96. The van der Waals surface area contributed by atoms with Gasteiger partial charge < -0.3 is 2.85 Å². The van der Waals surface area contributed by atoms with Crippen molar-refractivity contribution in [3.8, 4) is 0 Å². The summed E-state index contributed by atoms with van der Waals surface area (Å²) in [6.07, 6.45) is 30.3. The second kappa shape index (κ2) is 9.16. The van der Waals surface area contributed by atoms with E-state index in [1.807, 2.05) is 6.66 Å². The molecule has 0 nitrogen and oxygen atoms in total. The molecular weight excluding hydrogens is 467 g/mol. The molecule has 0 aromatic heterocycles. The van der Waals surface area contributed by atoms with E-state index in [1.165, 1.54) is 89.9 Å². The summed E-state index contributed by atoms with van der Waals surface area (Å²) in [5.41, 5.74) is 3.60. The van der Waals surface area contributed by atoms with Crippen molar-refractivity contribution in [1.82, 2.24) is 0 Å². The maximum Gasteiger partial charge on any atom is -1.00 e. The van der Waals surface area contributed by atoms with Gasteiger partial charge in [-0.2, -0.15) is 0 Å². The van der Waals surface area contributed by atoms with Crippen LogP contribution in [-0.2, 0) is 22.9 Å². The largest absolute Gasteiger partial charge is 1.00 e. The van der Waals surface area contributed by atoms with E-state index in [2.05, 4.69) is 24.3 Å². The fourth-order valence-electron chi connectivity index (χ4n) is 5.33. The summed E-state index contributed by atoms with van der Waals surface area (Å²) in [4.78, 5) is 0. The van der Waals surface area contributed by atoms with Gasteiger partial charge in [-0.3, -0.25) is 0 Å². The standard InChI is InChI=1S/2C12H17.Hf.2H/c2*1-2-6-11(7-3-1)10-12-8-4-5-9-12;;;/h2*4,8,11H,1-3,5-7,10H2;;;/q;;+2;2*-1. The Kier molecular flexibility index (Phi) is 6.67. The summed E-state index contributed by atoms with van der Waals surface area (Å²) in [7, 11) is 0. The summed E-state index contributed by atoms with van der Waals surface area (Å²) in [6.45, 7) is 0. The van der Waals surface area contributed by atoms with Crippen LogP contribution in [0.4, 0.5) is 0 Å². The average Bonchev–Trinajstić information content (AvgIpc) is 3.27. The minimum Gasteiger partial charge on any atom is -1.00 e. The van der Waals surface area contributed by atoms with E-state index in [0.29, 0.717) is 0 Å². The van der Waals surface area contributed by atoms with Gasteiger partial charge in [0, 0.05) is 0 Å². The normalized spacial score (nSPS) is 25.3. The van der Waals surface area contributed by atoms with E-state index in [0.717, 1.165) is 11.8 Å². The number of allylic oxidation sites excluding steroid dienone is 8. The third-order valence-electron chi connectivity index (χ3n) is 6.83. The maximum atomic E-state index is 2.51. The Hall–Kier alpha value is -0.170. The van der Waals surface area contributed by atoms with Crippen molar-refractivity contribution < 1.29 is 25.8 Å². The quantitative estimate of drug-likeness (QED) is 0.327. The Morgan fingerprint density at radius 1 is 0.680 bits per heavy atom. The zero-order chi connectivity index (χ0) is 16.9. The maximum absolute atomic E-state index is 2.51. The van der Waals surface area contributed by atoms with E-state index in [9.17, 15) is 0 Å². The van der Waals surface area contributed by atoms with E-state index in [4.69, 9.17) is 0 Å². The van der Waals surface area contributed by atoms with Gasteiger partial charge in [-0.15, -0.1) is 0 Å². The van der Waals surface area contributed by atoms with Crippen molar-refractivity contribution in [2.45, 2.75) is 89.9 Å². The summed E-state index contributed by atoms with van der Waals surface area (Å²) in [6, 6.07) is 0. The van der Waals surface area contributed by atoms with Gasteiger partial charge in [0.25, 0.3) is 0 Å². The predicted octanol–water partition coefficient (Wildman–Crippen LogP) is 7.66. The predicted molar refractivity (Wildman–Crippen MR) is 106 cm³/mol. The summed E-state index contributed by atoms with van der Waals surface area (Å²) in [5.74, 6) is 2.00. The smallest absolute Gasteiger partial charge is 1.00 e. The first-order chi connectivity index (χ1) is 12.4. The first-order valence-corrected chi connectivity index (χ1v) is 14.5. The number of hydrogen-bond donors (Lipinski definition) is 0. The number of rotatable bonds is 6. The average molecular weight is 503 g/mol. The van der Waals surface area contributed by atoms with Crippen molar-refractivity contribution in [1.29, 1.82) is 0 Å². The molecule has 0 bridgehead atoms. The van der Waals surface area contributed by atoms with Crippen LogP contribution >= 0.6 is 0 Å². The number of hydrogen-bond acceptors (Lipinski definition) is 0. The van der Waals surface area contributed by atoms with Crippen LogP contribution in [0.25, 0.3) is 0 Å². The molecule has 2 saturated carbocycles. The molecule has 136 valence electrons. The van der Waals surface area contributed by atoms with Crippen LogP contribution in [0.2, 0.25) is 0 Å². The Bertz CT molecular complexity index is 536. The molecule has 1 heteroatoms. The van der Waals surface area contributed by atoms with E-state index < -0.39 is 22.9 Å². The van der Waals surface area contributed by atoms with E-state index >= 15 is 0 Å². The van der Waals surface area contributed by atoms with Crippen LogP contribution in [0.1, 0.15) is 92.7 Å². The molecule has 0 heterocycles. The van der Waals surface area contributed by atoms with Gasteiger partial charge >= 0.3 is 167 Å². The molecule has 0 amide bonds. The van der Waals surface area contributed by atoms with Gasteiger partial charge in [0.05, 0.1) is 0 Å². The SMILES string of the molecule is C1=CC(CC2CCCCC2)=[C]([Hf+2][C]2=C(CC3CCCCC3)C=CC2)C1.[H-].[H-]. The molecule has 0 unspecified atom stereocenters. The fourth-order valence-corrected chi connectivity index (χ4v) is 10.7. The molecule has 0 saturated heterocycles. The molecular formula is C24H36Hf. The van der Waals surface area contributed by atoms with Crippen LogP contribution in [0.3, 0.4) is 0 Å². The minimum atomic E-state index is -0.772. The van der Waals surface area contributed by atoms with Crippen LogP contribution in [-0.4, -0.2) is 0 Å². The first-order valence-electron chi connectivity index (χ1n) is 10.9. The molecule has 4 rings (SSSR count). The minimum absolute atomic E-state index is 0. The van der Waals surface area contributed by atoms with Crippen LogP contribution < -0.4 is 0 Å². The van der Waals surface area contributed by atoms with Crippen LogP contribution in [0, 0.1) is 11.8 Å². The Labute approximate surface area is 169 Å². The molecule has 0 spiro atoms. The Balaban J connectivity index is 0.00000131. The van der Waals surface area contributed by atoms with Crippen molar-refractivity contribution in [3.63, 3.8) is 0 Å². The van der Waals surface area contributed by atoms with Gasteiger partial charge in [-0.1, -0.05) is 0 Å². The third-order valence-corrected chi connectivity index (χ3v) is 12.8. The van der Waals surface area contributed by atoms with Gasteiger partial charge in [-0.25, -0.2) is 0 Å².